The van der Waals surface area contributed by atoms with Crippen molar-refractivity contribution in [2.24, 2.45) is 17.8 Å². The molecule has 1 aromatic carbocycles. The maximum absolute atomic E-state index is 6.31. The van der Waals surface area contributed by atoms with E-state index in [1.807, 2.05) is 18.2 Å². The molecule has 20 heavy (non-hydrogen) atoms. The van der Waals surface area contributed by atoms with E-state index in [0.717, 1.165) is 28.3 Å². The van der Waals surface area contributed by atoms with Crippen LogP contribution in [-0.2, 0) is 0 Å². The van der Waals surface area contributed by atoms with Crippen LogP contribution in [0.1, 0.15) is 51.1 Å². The average molecular weight is 312 g/mol. The molecular formula is C17H23Cl2N. The Kier molecular flexibility index (Phi) is 4.31. The summed E-state index contributed by atoms with van der Waals surface area (Å²) in [6.07, 6.45) is 5.79. The van der Waals surface area contributed by atoms with Crippen molar-refractivity contribution in [3.05, 3.63) is 33.8 Å². The lowest BCUT2D eigenvalue weighted by molar-refractivity contribution is 0.248. The van der Waals surface area contributed by atoms with Crippen LogP contribution >= 0.6 is 23.2 Å². The van der Waals surface area contributed by atoms with Gasteiger partial charge in [0.1, 0.15) is 0 Å². The molecule has 0 aromatic heterocycles. The molecule has 0 saturated heterocycles. The van der Waals surface area contributed by atoms with Crippen LogP contribution < -0.4 is 5.32 Å². The molecule has 1 nitrogen and oxygen atoms in total. The van der Waals surface area contributed by atoms with E-state index >= 15 is 0 Å². The fourth-order valence-corrected chi connectivity index (χ4v) is 4.94. The van der Waals surface area contributed by atoms with Crippen molar-refractivity contribution < 1.29 is 0 Å². The van der Waals surface area contributed by atoms with E-state index in [2.05, 4.69) is 19.2 Å². The maximum atomic E-state index is 6.31. The summed E-state index contributed by atoms with van der Waals surface area (Å²) in [5.74, 6) is 2.81. The normalized spacial score (nSPS) is 31.5. The predicted molar refractivity (Wildman–Crippen MR) is 86.4 cm³/mol. The molecule has 0 aliphatic heterocycles. The van der Waals surface area contributed by atoms with E-state index in [1.165, 1.54) is 25.7 Å². The third kappa shape index (κ3) is 2.86. The molecule has 3 heteroatoms. The van der Waals surface area contributed by atoms with Gasteiger partial charge in [-0.3, -0.25) is 0 Å². The summed E-state index contributed by atoms with van der Waals surface area (Å²) >= 11 is 12.3. The number of hydrogen-bond donors (Lipinski definition) is 1. The number of rotatable bonds is 4. The zero-order valence-electron chi connectivity index (χ0n) is 12.2. The van der Waals surface area contributed by atoms with Crippen LogP contribution in [0.15, 0.2) is 18.2 Å². The van der Waals surface area contributed by atoms with Gasteiger partial charge in [0.25, 0.3) is 0 Å². The number of nitrogens with one attached hydrogen (secondary N) is 1. The zero-order valence-corrected chi connectivity index (χ0v) is 13.7. The largest absolute Gasteiger partial charge is 0.307 e. The summed E-state index contributed by atoms with van der Waals surface area (Å²) in [5, 5.41) is 5.22. The molecule has 3 rings (SSSR count). The second-order valence-corrected chi connectivity index (χ2v) is 7.53. The zero-order chi connectivity index (χ0) is 14.3. The van der Waals surface area contributed by atoms with Crippen LogP contribution in [0.5, 0.6) is 0 Å². The first-order valence-corrected chi connectivity index (χ1v) is 8.51. The van der Waals surface area contributed by atoms with Gasteiger partial charge in [-0.15, -0.1) is 0 Å². The van der Waals surface area contributed by atoms with Gasteiger partial charge in [0.15, 0.2) is 0 Å². The molecule has 5 unspecified atom stereocenters. The molecule has 2 aliphatic rings. The van der Waals surface area contributed by atoms with Crippen molar-refractivity contribution in [2.75, 3.05) is 0 Å². The molecule has 1 aromatic rings. The molecule has 1 N–H and O–H groups in total. The van der Waals surface area contributed by atoms with Crippen molar-refractivity contribution in [3.63, 3.8) is 0 Å². The highest BCUT2D eigenvalue weighted by atomic mass is 35.5. The van der Waals surface area contributed by atoms with Gasteiger partial charge in [-0.2, -0.15) is 0 Å². The highest BCUT2D eigenvalue weighted by molar-refractivity contribution is 6.35. The summed E-state index contributed by atoms with van der Waals surface area (Å²) in [6, 6.07) is 6.62. The van der Waals surface area contributed by atoms with E-state index in [4.69, 9.17) is 23.2 Å². The van der Waals surface area contributed by atoms with E-state index in [-0.39, 0.29) is 6.04 Å². The van der Waals surface area contributed by atoms with Gasteiger partial charge in [0.2, 0.25) is 0 Å². The van der Waals surface area contributed by atoms with E-state index in [9.17, 15) is 0 Å². The quantitative estimate of drug-likeness (QED) is 0.777. The molecule has 5 atom stereocenters. The lowest BCUT2D eigenvalue weighted by Crippen LogP contribution is -2.37. The van der Waals surface area contributed by atoms with E-state index in [0.29, 0.717) is 11.1 Å². The minimum atomic E-state index is 0.272. The molecule has 0 heterocycles. The van der Waals surface area contributed by atoms with Gasteiger partial charge in [0, 0.05) is 22.1 Å². The lowest BCUT2D eigenvalue weighted by Gasteiger charge is -2.31. The Bertz CT molecular complexity index is 488. The third-order valence-electron chi connectivity index (χ3n) is 5.38. The molecule has 2 saturated carbocycles. The summed E-state index contributed by atoms with van der Waals surface area (Å²) in [4.78, 5) is 0. The van der Waals surface area contributed by atoms with Crippen LogP contribution in [-0.4, -0.2) is 6.04 Å². The molecule has 0 amide bonds. The monoisotopic (exact) mass is 311 g/mol. The number of halogens is 2. The highest BCUT2D eigenvalue weighted by Crippen LogP contribution is 2.49. The number of benzene rings is 1. The highest BCUT2D eigenvalue weighted by Gasteiger charge is 2.41. The molecular weight excluding hydrogens is 289 g/mol. The van der Waals surface area contributed by atoms with Gasteiger partial charge in [0.05, 0.1) is 0 Å². The van der Waals surface area contributed by atoms with Gasteiger partial charge < -0.3 is 5.32 Å². The second kappa shape index (κ2) is 5.87. The van der Waals surface area contributed by atoms with Crippen molar-refractivity contribution in [2.45, 2.75) is 51.6 Å². The third-order valence-corrected chi connectivity index (χ3v) is 5.94. The lowest BCUT2D eigenvalue weighted by atomic mass is 9.83. The SMILES string of the molecule is CC(NC(C)C1CC2CCC1C2)c1ccc(Cl)cc1Cl. The summed E-state index contributed by atoms with van der Waals surface area (Å²) in [5.41, 5.74) is 1.14. The van der Waals surface area contributed by atoms with Crippen LogP contribution in [0, 0.1) is 17.8 Å². The van der Waals surface area contributed by atoms with Crippen LogP contribution in [0.4, 0.5) is 0 Å². The van der Waals surface area contributed by atoms with Gasteiger partial charge in [-0.05, 0) is 68.6 Å². The Morgan fingerprint density at radius 1 is 1.15 bits per heavy atom. The van der Waals surface area contributed by atoms with Gasteiger partial charge in [-0.25, -0.2) is 0 Å². The Labute approximate surface area is 132 Å². The summed E-state index contributed by atoms with van der Waals surface area (Å²) < 4.78 is 0. The van der Waals surface area contributed by atoms with Crippen molar-refractivity contribution in [1.29, 1.82) is 0 Å². The standard InChI is InChI=1S/C17H23Cl2N/c1-10(15-6-5-14(18)9-17(15)19)20-11(2)16-8-12-3-4-13(16)7-12/h5-6,9-13,16,20H,3-4,7-8H2,1-2H3. The van der Waals surface area contributed by atoms with Crippen molar-refractivity contribution >= 4 is 23.2 Å². The van der Waals surface area contributed by atoms with Gasteiger partial charge in [-0.1, -0.05) is 35.7 Å². The first-order valence-electron chi connectivity index (χ1n) is 7.75. The maximum Gasteiger partial charge on any atom is 0.0468 e. The fourth-order valence-electron chi connectivity index (χ4n) is 4.37. The summed E-state index contributed by atoms with van der Waals surface area (Å²) in [6.45, 7) is 4.53. The Hall–Kier alpha value is -0.240. The molecule has 0 radical (unpaired) electrons. The topological polar surface area (TPSA) is 12.0 Å². The Morgan fingerprint density at radius 3 is 2.55 bits per heavy atom. The van der Waals surface area contributed by atoms with E-state index in [1.54, 1.807) is 0 Å². The van der Waals surface area contributed by atoms with Crippen LogP contribution in [0.2, 0.25) is 10.0 Å². The Morgan fingerprint density at radius 2 is 1.95 bits per heavy atom. The van der Waals surface area contributed by atoms with Gasteiger partial charge >= 0.3 is 0 Å². The molecule has 110 valence electrons. The summed E-state index contributed by atoms with van der Waals surface area (Å²) in [7, 11) is 0. The Balaban J connectivity index is 1.65. The van der Waals surface area contributed by atoms with Crippen LogP contribution in [0.3, 0.4) is 0 Å². The first kappa shape index (κ1) is 14.7. The number of hydrogen-bond acceptors (Lipinski definition) is 1. The first-order chi connectivity index (χ1) is 9.54. The fraction of sp³-hybridized carbons (Fsp3) is 0.647. The average Bonchev–Trinajstić information content (AvgIpc) is 3.00. The molecule has 2 aliphatic carbocycles. The number of fused-ring (bicyclic) bond motifs is 2. The van der Waals surface area contributed by atoms with Crippen LogP contribution in [0.25, 0.3) is 0 Å². The smallest absolute Gasteiger partial charge is 0.0468 e. The van der Waals surface area contributed by atoms with Crippen molar-refractivity contribution in [1.82, 2.24) is 5.32 Å². The molecule has 2 bridgehead atoms. The van der Waals surface area contributed by atoms with E-state index < -0.39 is 0 Å². The minimum Gasteiger partial charge on any atom is -0.307 e. The minimum absolute atomic E-state index is 0.272. The van der Waals surface area contributed by atoms with Crippen molar-refractivity contribution in [3.8, 4) is 0 Å². The molecule has 2 fully saturated rings. The molecule has 0 spiro atoms. The second-order valence-electron chi connectivity index (χ2n) is 6.68. The predicted octanol–water partition coefficient (Wildman–Crippen LogP) is 5.47.